The molecule has 3 rings (SSSR count). The van der Waals surface area contributed by atoms with Gasteiger partial charge in [0, 0.05) is 30.7 Å². The highest BCUT2D eigenvalue weighted by Crippen LogP contribution is 2.36. The molecule has 3 aromatic heterocycles. The summed E-state index contributed by atoms with van der Waals surface area (Å²) in [5.74, 6) is 0.397. The molecular formula is C20H22F3N7O2. The Morgan fingerprint density at radius 2 is 1.94 bits per heavy atom. The summed E-state index contributed by atoms with van der Waals surface area (Å²) < 4.78 is 46.2. The van der Waals surface area contributed by atoms with Gasteiger partial charge in [-0.15, -0.1) is 5.10 Å². The number of rotatable bonds is 6. The molecule has 0 bridgehead atoms. The van der Waals surface area contributed by atoms with E-state index >= 15 is 0 Å². The second kappa shape index (κ2) is 9.20. The molecule has 0 aliphatic carbocycles. The van der Waals surface area contributed by atoms with Crippen molar-refractivity contribution in [1.29, 1.82) is 0 Å². The van der Waals surface area contributed by atoms with E-state index in [2.05, 4.69) is 30.9 Å². The quantitative estimate of drug-likeness (QED) is 0.595. The van der Waals surface area contributed by atoms with Crippen LogP contribution in [0.1, 0.15) is 29.6 Å². The minimum absolute atomic E-state index is 0.0293. The second-order valence-corrected chi connectivity index (χ2v) is 7.01. The maximum atomic E-state index is 13.2. The lowest BCUT2D eigenvalue weighted by Gasteiger charge is -2.11. The number of aryl methyl sites for hydroxylation is 3. The standard InChI is InChI=1S/C20H22F3N7O2/c1-5-32-16-8-13(7-12(3)25-16)26-19(31)24-9-14-6-11(2)17(28-27-14)15-10-30(4)29-18(15)20(21,22)23/h6-8,10H,5,9H2,1-4H3,(H2,24,25,26,31). The van der Waals surface area contributed by atoms with Crippen LogP contribution in [0.15, 0.2) is 24.4 Å². The van der Waals surface area contributed by atoms with Gasteiger partial charge in [-0.3, -0.25) is 4.68 Å². The van der Waals surface area contributed by atoms with Crippen molar-refractivity contribution in [2.75, 3.05) is 11.9 Å². The van der Waals surface area contributed by atoms with Gasteiger partial charge in [0.1, 0.15) is 0 Å². The Hall–Kier alpha value is -3.70. The van der Waals surface area contributed by atoms with Gasteiger partial charge in [-0.25, -0.2) is 9.78 Å². The minimum Gasteiger partial charge on any atom is -0.478 e. The van der Waals surface area contributed by atoms with Gasteiger partial charge < -0.3 is 15.4 Å². The maximum Gasteiger partial charge on any atom is 0.435 e. The number of urea groups is 1. The van der Waals surface area contributed by atoms with Crippen molar-refractivity contribution in [3.05, 3.63) is 47.0 Å². The van der Waals surface area contributed by atoms with E-state index in [1.54, 1.807) is 32.0 Å². The Bertz CT molecular complexity index is 1130. The first-order chi connectivity index (χ1) is 15.1. The van der Waals surface area contributed by atoms with Crippen LogP contribution in [0.3, 0.4) is 0 Å². The Kier molecular flexibility index (Phi) is 6.61. The third-order valence-corrected chi connectivity index (χ3v) is 4.30. The average Bonchev–Trinajstić information content (AvgIpc) is 3.08. The smallest absolute Gasteiger partial charge is 0.435 e. The summed E-state index contributed by atoms with van der Waals surface area (Å²) in [6, 6.07) is 4.36. The van der Waals surface area contributed by atoms with Gasteiger partial charge in [0.25, 0.3) is 0 Å². The molecule has 0 unspecified atom stereocenters. The molecule has 0 aliphatic heterocycles. The van der Waals surface area contributed by atoms with E-state index in [9.17, 15) is 18.0 Å². The van der Waals surface area contributed by atoms with E-state index in [1.165, 1.54) is 13.2 Å². The summed E-state index contributed by atoms with van der Waals surface area (Å²) in [7, 11) is 1.40. The van der Waals surface area contributed by atoms with Crippen molar-refractivity contribution in [2.45, 2.75) is 33.5 Å². The number of amides is 2. The summed E-state index contributed by atoms with van der Waals surface area (Å²) in [4.78, 5) is 16.4. The minimum atomic E-state index is -4.61. The molecule has 0 saturated carbocycles. The van der Waals surface area contributed by atoms with Crippen molar-refractivity contribution in [3.8, 4) is 17.1 Å². The molecule has 0 radical (unpaired) electrons. The predicted molar refractivity (Wildman–Crippen MR) is 110 cm³/mol. The number of pyridine rings is 1. The van der Waals surface area contributed by atoms with Gasteiger partial charge in [-0.1, -0.05) is 0 Å². The van der Waals surface area contributed by atoms with Gasteiger partial charge in [0.15, 0.2) is 5.69 Å². The van der Waals surface area contributed by atoms with E-state index < -0.39 is 17.9 Å². The normalized spacial score (nSPS) is 11.3. The van der Waals surface area contributed by atoms with E-state index in [-0.39, 0.29) is 17.8 Å². The van der Waals surface area contributed by atoms with Crippen LogP contribution in [-0.2, 0) is 19.8 Å². The zero-order chi connectivity index (χ0) is 23.5. The van der Waals surface area contributed by atoms with E-state index in [1.807, 2.05) is 6.92 Å². The summed E-state index contributed by atoms with van der Waals surface area (Å²) in [5.41, 5.74) is 0.947. The lowest BCUT2D eigenvalue weighted by Crippen LogP contribution is -2.28. The van der Waals surface area contributed by atoms with Crippen molar-refractivity contribution in [3.63, 3.8) is 0 Å². The summed E-state index contributed by atoms with van der Waals surface area (Å²) in [5, 5.41) is 16.7. The molecule has 0 spiro atoms. The molecule has 0 saturated heterocycles. The lowest BCUT2D eigenvalue weighted by atomic mass is 10.1. The Labute approximate surface area is 182 Å². The fraction of sp³-hybridized carbons (Fsp3) is 0.350. The number of anilines is 1. The van der Waals surface area contributed by atoms with Crippen LogP contribution < -0.4 is 15.4 Å². The van der Waals surface area contributed by atoms with Gasteiger partial charge in [-0.2, -0.15) is 23.4 Å². The number of carbonyl (C=O) groups excluding carboxylic acids is 1. The van der Waals surface area contributed by atoms with E-state index in [0.29, 0.717) is 35.1 Å². The number of nitrogens with zero attached hydrogens (tertiary/aromatic N) is 5. The Morgan fingerprint density at radius 3 is 2.59 bits per heavy atom. The first-order valence-electron chi connectivity index (χ1n) is 9.67. The number of halogens is 3. The molecule has 170 valence electrons. The lowest BCUT2D eigenvalue weighted by molar-refractivity contribution is -0.141. The van der Waals surface area contributed by atoms with Crippen LogP contribution in [0.2, 0.25) is 0 Å². The predicted octanol–water partition coefficient (Wildman–Crippen LogP) is 3.63. The molecule has 0 fully saturated rings. The highest BCUT2D eigenvalue weighted by molar-refractivity contribution is 5.89. The molecule has 32 heavy (non-hydrogen) atoms. The molecule has 0 atom stereocenters. The monoisotopic (exact) mass is 449 g/mol. The van der Waals surface area contributed by atoms with Crippen molar-refractivity contribution < 1.29 is 22.7 Å². The third kappa shape index (κ3) is 5.50. The number of ether oxygens (including phenoxy) is 1. The van der Waals surface area contributed by atoms with Gasteiger partial charge in [0.2, 0.25) is 5.88 Å². The molecule has 2 amide bonds. The van der Waals surface area contributed by atoms with Gasteiger partial charge >= 0.3 is 12.2 Å². The SMILES string of the molecule is CCOc1cc(NC(=O)NCc2cc(C)c(-c3cn(C)nc3C(F)(F)F)nn2)cc(C)n1. The number of hydrogen-bond donors (Lipinski definition) is 2. The Morgan fingerprint density at radius 1 is 1.19 bits per heavy atom. The topological polar surface area (TPSA) is 107 Å². The maximum absolute atomic E-state index is 13.2. The second-order valence-electron chi connectivity index (χ2n) is 7.01. The molecule has 12 heteroatoms. The highest BCUT2D eigenvalue weighted by Gasteiger charge is 2.38. The molecule has 3 heterocycles. The summed E-state index contributed by atoms with van der Waals surface area (Å²) >= 11 is 0. The number of alkyl halides is 3. The van der Waals surface area contributed by atoms with Crippen LogP contribution in [-0.4, -0.2) is 37.6 Å². The molecule has 0 aromatic carbocycles. The van der Waals surface area contributed by atoms with Crippen molar-refractivity contribution in [2.24, 2.45) is 7.05 Å². The van der Waals surface area contributed by atoms with Crippen LogP contribution in [0.25, 0.3) is 11.3 Å². The third-order valence-electron chi connectivity index (χ3n) is 4.30. The fourth-order valence-corrected chi connectivity index (χ4v) is 3.04. The van der Waals surface area contributed by atoms with Crippen LogP contribution in [0.5, 0.6) is 5.88 Å². The largest absolute Gasteiger partial charge is 0.478 e. The first kappa shape index (κ1) is 23.0. The van der Waals surface area contributed by atoms with Crippen molar-refractivity contribution >= 4 is 11.7 Å². The number of carbonyl (C=O) groups is 1. The molecule has 2 N–H and O–H groups in total. The number of aromatic nitrogens is 5. The fourth-order valence-electron chi connectivity index (χ4n) is 3.04. The molecule has 9 nitrogen and oxygen atoms in total. The van der Waals surface area contributed by atoms with Crippen LogP contribution in [0, 0.1) is 13.8 Å². The number of nitrogens with one attached hydrogen (secondary N) is 2. The molecule has 0 aliphatic rings. The van der Waals surface area contributed by atoms with Crippen molar-refractivity contribution in [1.82, 2.24) is 30.3 Å². The van der Waals surface area contributed by atoms with Gasteiger partial charge in [-0.05, 0) is 38.5 Å². The van der Waals surface area contributed by atoms with E-state index in [4.69, 9.17) is 4.74 Å². The highest BCUT2D eigenvalue weighted by atomic mass is 19.4. The average molecular weight is 449 g/mol. The Balaban J connectivity index is 1.69. The zero-order valence-corrected chi connectivity index (χ0v) is 17.9. The summed E-state index contributed by atoms with van der Waals surface area (Å²) in [6.07, 6.45) is -3.37. The molecular weight excluding hydrogens is 427 g/mol. The number of hydrogen-bond acceptors (Lipinski definition) is 6. The first-order valence-corrected chi connectivity index (χ1v) is 9.67. The van der Waals surface area contributed by atoms with Crippen LogP contribution in [0.4, 0.5) is 23.7 Å². The summed E-state index contributed by atoms with van der Waals surface area (Å²) in [6.45, 7) is 5.70. The van der Waals surface area contributed by atoms with Crippen LogP contribution >= 0.6 is 0 Å². The van der Waals surface area contributed by atoms with Gasteiger partial charge in [0.05, 0.1) is 30.1 Å². The zero-order valence-electron chi connectivity index (χ0n) is 17.9. The molecule has 3 aromatic rings. The van der Waals surface area contributed by atoms with E-state index in [0.717, 1.165) is 4.68 Å².